The molecule has 2 aromatic carbocycles. The maximum atomic E-state index is 13.2. The molecule has 2 N–H and O–H groups in total. The molecular formula is C22H27N3O5S. The minimum atomic E-state index is -3.92. The van der Waals surface area contributed by atoms with Crippen molar-refractivity contribution in [3.05, 3.63) is 69.8 Å². The van der Waals surface area contributed by atoms with Gasteiger partial charge in [0.05, 0.1) is 15.2 Å². The lowest BCUT2D eigenvalue weighted by atomic mass is 9.67. The molecule has 1 aliphatic rings. The van der Waals surface area contributed by atoms with Gasteiger partial charge in [-0.1, -0.05) is 49.6 Å². The normalized spacial score (nSPS) is 15.9. The zero-order chi connectivity index (χ0) is 22.5. The second-order valence-corrected chi connectivity index (χ2v) is 9.63. The third kappa shape index (κ3) is 5.11. The van der Waals surface area contributed by atoms with Gasteiger partial charge in [0.1, 0.15) is 0 Å². The Morgan fingerprint density at radius 1 is 1.06 bits per heavy atom. The standard InChI is InChI=1S/C22H27N3O5S/c1-17-8-3-4-11-20(17)22(12-5-2-6-13-22)21(26)23-14-15-24-31(29,30)19-10-7-9-18(16-19)25(27)28/h3-4,7-11,16,24H,2,5-6,12-15H2,1H3,(H,23,26). The minimum absolute atomic E-state index is 0.0133. The number of benzene rings is 2. The Hall–Kier alpha value is -2.78. The van der Waals surface area contributed by atoms with E-state index in [1.807, 2.05) is 31.2 Å². The summed E-state index contributed by atoms with van der Waals surface area (Å²) in [6.07, 6.45) is 4.58. The number of rotatable bonds is 8. The first-order valence-corrected chi connectivity index (χ1v) is 11.8. The highest BCUT2D eigenvalue weighted by Crippen LogP contribution is 2.41. The Kier molecular flexibility index (Phi) is 7.07. The van der Waals surface area contributed by atoms with Crippen LogP contribution in [0.15, 0.2) is 53.4 Å². The number of carbonyl (C=O) groups is 1. The van der Waals surface area contributed by atoms with Gasteiger partial charge in [-0.05, 0) is 37.0 Å². The average molecular weight is 446 g/mol. The second-order valence-electron chi connectivity index (χ2n) is 7.87. The summed E-state index contributed by atoms with van der Waals surface area (Å²) in [4.78, 5) is 23.3. The molecule has 0 unspecified atom stereocenters. The smallest absolute Gasteiger partial charge is 0.270 e. The lowest BCUT2D eigenvalue weighted by Crippen LogP contribution is -2.48. The van der Waals surface area contributed by atoms with Gasteiger partial charge in [-0.25, -0.2) is 13.1 Å². The quantitative estimate of drug-likeness (QED) is 0.367. The fraction of sp³-hybridized carbons (Fsp3) is 0.409. The fourth-order valence-corrected chi connectivity index (χ4v) is 5.33. The molecule has 0 aromatic heterocycles. The number of carbonyl (C=O) groups excluding carboxylic acids is 1. The first-order chi connectivity index (χ1) is 14.8. The van der Waals surface area contributed by atoms with Crippen molar-refractivity contribution in [1.29, 1.82) is 0 Å². The number of sulfonamides is 1. The van der Waals surface area contributed by atoms with Crippen LogP contribution >= 0.6 is 0 Å². The molecule has 0 bridgehead atoms. The Balaban J connectivity index is 1.65. The van der Waals surface area contributed by atoms with Gasteiger partial charge in [0.15, 0.2) is 0 Å². The number of nitrogens with one attached hydrogen (secondary N) is 2. The number of hydrogen-bond donors (Lipinski definition) is 2. The van der Waals surface area contributed by atoms with E-state index < -0.39 is 20.4 Å². The van der Waals surface area contributed by atoms with E-state index in [9.17, 15) is 23.3 Å². The van der Waals surface area contributed by atoms with Gasteiger partial charge in [0.2, 0.25) is 15.9 Å². The summed E-state index contributed by atoms with van der Waals surface area (Å²) >= 11 is 0. The van der Waals surface area contributed by atoms with Crippen LogP contribution in [-0.4, -0.2) is 32.3 Å². The molecule has 166 valence electrons. The van der Waals surface area contributed by atoms with E-state index in [1.54, 1.807) is 0 Å². The Labute approximate surface area is 182 Å². The van der Waals surface area contributed by atoms with Crippen molar-refractivity contribution in [3.8, 4) is 0 Å². The summed E-state index contributed by atoms with van der Waals surface area (Å²) in [6, 6.07) is 12.8. The summed E-state index contributed by atoms with van der Waals surface area (Å²) in [6.45, 7) is 2.12. The van der Waals surface area contributed by atoms with Crippen LogP contribution in [0.2, 0.25) is 0 Å². The molecule has 1 saturated carbocycles. The molecule has 2 aromatic rings. The highest BCUT2D eigenvalue weighted by atomic mass is 32.2. The van der Waals surface area contributed by atoms with E-state index in [0.29, 0.717) is 0 Å². The van der Waals surface area contributed by atoms with Crippen LogP contribution < -0.4 is 10.0 Å². The second kappa shape index (κ2) is 9.57. The highest BCUT2D eigenvalue weighted by Gasteiger charge is 2.41. The summed E-state index contributed by atoms with van der Waals surface area (Å²) in [7, 11) is -3.92. The molecule has 1 aliphatic carbocycles. The number of nitrogens with zero attached hydrogens (tertiary/aromatic N) is 1. The first kappa shape index (κ1) is 22.9. The molecule has 0 heterocycles. The van der Waals surface area contributed by atoms with Crippen LogP contribution in [0, 0.1) is 17.0 Å². The number of amides is 1. The van der Waals surface area contributed by atoms with Crippen molar-refractivity contribution in [3.63, 3.8) is 0 Å². The maximum absolute atomic E-state index is 13.2. The van der Waals surface area contributed by atoms with E-state index in [0.717, 1.165) is 49.3 Å². The molecule has 0 saturated heterocycles. The van der Waals surface area contributed by atoms with Crippen molar-refractivity contribution < 1.29 is 18.1 Å². The third-order valence-corrected chi connectivity index (χ3v) is 7.30. The fourth-order valence-electron chi connectivity index (χ4n) is 4.26. The predicted octanol–water partition coefficient (Wildman–Crippen LogP) is 3.20. The van der Waals surface area contributed by atoms with Crippen LogP contribution in [0.25, 0.3) is 0 Å². The van der Waals surface area contributed by atoms with E-state index >= 15 is 0 Å². The van der Waals surface area contributed by atoms with Crippen LogP contribution in [0.1, 0.15) is 43.2 Å². The van der Waals surface area contributed by atoms with Gasteiger partial charge in [0, 0.05) is 25.2 Å². The van der Waals surface area contributed by atoms with Crippen molar-refractivity contribution >= 4 is 21.6 Å². The molecule has 3 rings (SSSR count). The third-order valence-electron chi connectivity index (χ3n) is 5.84. The number of non-ortho nitro benzene ring substituents is 1. The summed E-state index contributed by atoms with van der Waals surface area (Å²) < 4.78 is 27.3. The largest absolute Gasteiger partial charge is 0.354 e. The first-order valence-electron chi connectivity index (χ1n) is 10.3. The zero-order valence-corrected chi connectivity index (χ0v) is 18.3. The summed E-state index contributed by atoms with van der Waals surface area (Å²) in [5.41, 5.74) is 1.21. The van der Waals surface area contributed by atoms with Gasteiger partial charge >= 0.3 is 0 Å². The molecule has 31 heavy (non-hydrogen) atoms. The van der Waals surface area contributed by atoms with Crippen LogP contribution in [-0.2, 0) is 20.2 Å². The summed E-state index contributed by atoms with van der Waals surface area (Å²) in [5, 5.41) is 13.8. The molecule has 0 aliphatic heterocycles. The molecule has 0 atom stereocenters. The zero-order valence-electron chi connectivity index (χ0n) is 17.5. The van der Waals surface area contributed by atoms with E-state index in [4.69, 9.17) is 0 Å². The average Bonchev–Trinajstić information content (AvgIpc) is 2.77. The van der Waals surface area contributed by atoms with Gasteiger partial charge in [-0.2, -0.15) is 0 Å². The number of aryl methyl sites for hydroxylation is 1. The topological polar surface area (TPSA) is 118 Å². The minimum Gasteiger partial charge on any atom is -0.354 e. The lowest BCUT2D eigenvalue weighted by Gasteiger charge is -2.37. The predicted molar refractivity (Wildman–Crippen MR) is 117 cm³/mol. The summed E-state index contributed by atoms with van der Waals surface area (Å²) in [5.74, 6) is -0.0870. The lowest BCUT2D eigenvalue weighted by molar-refractivity contribution is -0.385. The van der Waals surface area contributed by atoms with Crippen LogP contribution in [0.3, 0.4) is 0 Å². The molecule has 0 radical (unpaired) electrons. The Morgan fingerprint density at radius 2 is 1.77 bits per heavy atom. The van der Waals surface area contributed by atoms with E-state index in [1.165, 1.54) is 18.2 Å². The molecule has 8 nitrogen and oxygen atoms in total. The van der Waals surface area contributed by atoms with Crippen molar-refractivity contribution in [2.45, 2.75) is 49.3 Å². The van der Waals surface area contributed by atoms with Gasteiger partial charge in [0.25, 0.3) is 5.69 Å². The monoisotopic (exact) mass is 445 g/mol. The van der Waals surface area contributed by atoms with Crippen LogP contribution in [0.4, 0.5) is 5.69 Å². The molecule has 1 fully saturated rings. The van der Waals surface area contributed by atoms with Crippen molar-refractivity contribution in [2.24, 2.45) is 0 Å². The molecule has 9 heteroatoms. The number of nitro groups is 1. The Bertz CT molecular complexity index is 1060. The van der Waals surface area contributed by atoms with Crippen molar-refractivity contribution in [1.82, 2.24) is 10.0 Å². The number of hydrogen-bond acceptors (Lipinski definition) is 5. The van der Waals surface area contributed by atoms with Gasteiger partial charge in [-0.15, -0.1) is 0 Å². The molecule has 0 spiro atoms. The molecular weight excluding hydrogens is 418 g/mol. The molecule has 1 amide bonds. The van der Waals surface area contributed by atoms with E-state index in [2.05, 4.69) is 10.0 Å². The van der Waals surface area contributed by atoms with Gasteiger partial charge < -0.3 is 5.32 Å². The SMILES string of the molecule is Cc1ccccc1C1(C(=O)NCCNS(=O)(=O)c2cccc([N+](=O)[O-])c2)CCCCC1. The Morgan fingerprint density at radius 3 is 2.45 bits per heavy atom. The van der Waals surface area contributed by atoms with Crippen LogP contribution in [0.5, 0.6) is 0 Å². The van der Waals surface area contributed by atoms with Crippen molar-refractivity contribution in [2.75, 3.05) is 13.1 Å². The van der Waals surface area contributed by atoms with Gasteiger partial charge in [-0.3, -0.25) is 14.9 Å². The van der Waals surface area contributed by atoms with E-state index in [-0.39, 0.29) is 29.6 Å². The number of nitro benzene ring substituents is 1. The maximum Gasteiger partial charge on any atom is 0.270 e. The highest BCUT2D eigenvalue weighted by molar-refractivity contribution is 7.89.